The molecule has 1 aliphatic rings. The number of carbonyl (C=O) groups excluding carboxylic acids is 2. The molecule has 1 fully saturated rings. The van der Waals surface area contributed by atoms with Crippen molar-refractivity contribution in [3.05, 3.63) is 28.7 Å². The van der Waals surface area contributed by atoms with Crippen molar-refractivity contribution in [2.24, 2.45) is 5.92 Å². The first-order valence-electron chi connectivity index (χ1n) is 7.53. The van der Waals surface area contributed by atoms with Gasteiger partial charge in [-0.3, -0.25) is 9.59 Å². The van der Waals surface area contributed by atoms with E-state index in [1.54, 1.807) is 4.90 Å². The van der Waals surface area contributed by atoms with Gasteiger partial charge in [-0.2, -0.15) is 0 Å². The molecule has 1 N–H and O–H groups in total. The number of hydrogen-bond donors (Lipinski definition) is 1. The number of nitrogens with zero attached hydrogens (tertiary/aromatic N) is 1. The molecule has 1 atom stereocenters. The Kier molecular flexibility index (Phi) is 6.39. The van der Waals surface area contributed by atoms with Gasteiger partial charge in [0.25, 0.3) is 0 Å². The summed E-state index contributed by atoms with van der Waals surface area (Å²) in [4.78, 5) is 25.9. The van der Waals surface area contributed by atoms with Gasteiger partial charge in [0.2, 0.25) is 11.8 Å². The molecule has 0 radical (unpaired) electrons. The highest BCUT2D eigenvalue weighted by atomic mass is 79.9. The molecule has 22 heavy (non-hydrogen) atoms. The zero-order valence-corrected chi connectivity index (χ0v) is 14.3. The minimum absolute atomic E-state index is 0.00688. The Morgan fingerprint density at radius 2 is 2.32 bits per heavy atom. The van der Waals surface area contributed by atoms with Gasteiger partial charge in [0.05, 0.1) is 5.92 Å². The maximum Gasteiger partial charge on any atom is 0.227 e. The molecule has 0 spiro atoms. The Morgan fingerprint density at radius 1 is 1.50 bits per heavy atom. The van der Waals surface area contributed by atoms with E-state index in [2.05, 4.69) is 21.2 Å². The topological polar surface area (TPSA) is 58.6 Å². The number of amides is 2. The van der Waals surface area contributed by atoms with Gasteiger partial charge in [-0.1, -0.05) is 22.0 Å². The Hall–Kier alpha value is -1.40. The van der Waals surface area contributed by atoms with Gasteiger partial charge in [-0.25, -0.2) is 0 Å². The summed E-state index contributed by atoms with van der Waals surface area (Å²) in [6, 6.07) is 7.56. The molecule has 1 aromatic rings. The number of rotatable bonds is 7. The quantitative estimate of drug-likeness (QED) is 0.751. The second kappa shape index (κ2) is 8.29. The Labute approximate surface area is 139 Å². The molecule has 1 saturated heterocycles. The lowest BCUT2D eigenvalue weighted by molar-refractivity contribution is -0.126. The highest BCUT2D eigenvalue weighted by Crippen LogP contribution is 2.27. The fraction of sp³-hybridized carbons (Fsp3) is 0.500. The molecule has 0 saturated carbocycles. The number of ether oxygens (including phenoxy) is 1. The van der Waals surface area contributed by atoms with Gasteiger partial charge in [-0.15, -0.1) is 0 Å². The summed E-state index contributed by atoms with van der Waals surface area (Å²) in [6.07, 6.45) is 1.05. The van der Waals surface area contributed by atoms with Crippen LogP contribution < -0.4 is 10.2 Å². The molecule has 1 aromatic carbocycles. The Bertz CT molecular complexity index is 536. The van der Waals surface area contributed by atoms with Gasteiger partial charge in [0.15, 0.2) is 0 Å². The molecule has 0 aromatic heterocycles. The zero-order chi connectivity index (χ0) is 15.9. The maximum atomic E-state index is 12.1. The highest BCUT2D eigenvalue weighted by molar-refractivity contribution is 9.10. The minimum atomic E-state index is -0.279. The number of carbonyl (C=O) groups is 2. The van der Waals surface area contributed by atoms with Crippen molar-refractivity contribution in [2.45, 2.75) is 19.8 Å². The van der Waals surface area contributed by atoms with Crippen LogP contribution in [0.5, 0.6) is 0 Å². The van der Waals surface area contributed by atoms with E-state index in [0.717, 1.165) is 16.6 Å². The van der Waals surface area contributed by atoms with Crippen molar-refractivity contribution in [1.82, 2.24) is 5.32 Å². The summed E-state index contributed by atoms with van der Waals surface area (Å²) in [5.41, 5.74) is 0.825. The highest BCUT2D eigenvalue weighted by Gasteiger charge is 2.34. The van der Waals surface area contributed by atoms with Crippen LogP contribution in [0.2, 0.25) is 0 Å². The average molecular weight is 369 g/mol. The monoisotopic (exact) mass is 368 g/mol. The Balaban J connectivity index is 1.85. The van der Waals surface area contributed by atoms with Crippen LogP contribution in [0.25, 0.3) is 0 Å². The summed E-state index contributed by atoms with van der Waals surface area (Å²) in [5.74, 6) is -0.339. The molecule has 1 heterocycles. The molecule has 0 bridgehead atoms. The predicted molar refractivity (Wildman–Crippen MR) is 88.7 cm³/mol. The van der Waals surface area contributed by atoms with Gasteiger partial charge >= 0.3 is 0 Å². The van der Waals surface area contributed by atoms with E-state index >= 15 is 0 Å². The van der Waals surface area contributed by atoms with E-state index in [4.69, 9.17) is 4.74 Å². The summed E-state index contributed by atoms with van der Waals surface area (Å²) in [6.45, 7) is 4.30. The van der Waals surface area contributed by atoms with Crippen LogP contribution in [0.1, 0.15) is 19.8 Å². The normalized spacial score (nSPS) is 17.8. The third-order valence-corrected chi connectivity index (χ3v) is 4.08. The standard InChI is InChI=1S/C16H21BrN2O3/c1-2-22-8-4-7-18-16(21)12-9-15(20)19(11-12)14-6-3-5-13(17)10-14/h3,5-6,10,12H,2,4,7-9,11H2,1H3,(H,18,21). The SMILES string of the molecule is CCOCCCNC(=O)C1CC(=O)N(c2cccc(Br)c2)C1. The lowest BCUT2D eigenvalue weighted by atomic mass is 10.1. The lowest BCUT2D eigenvalue weighted by Gasteiger charge is -2.17. The molecule has 120 valence electrons. The van der Waals surface area contributed by atoms with E-state index in [1.165, 1.54) is 0 Å². The second-order valence-electron chi connectivity index (χ2n) is 5.23. The Morgan fingerprint density at radius 3 is 3.05 bits per heavy atom. The van der Waals surface area contributed by atoms with E-state index in [-0.39, 0.29) is 24.2 Å². The molecule has 2 rings (SSSR count). The van der Waals surface area contributed by atoms with Crippen LogP contribution in [-0.2, 0) is 14.3 Å². The van der Waals surface area contributed by atoms with Crippen LogP contribution in [0.4, 0.5) is 5.69 Å². The van der Waals surface area contributed by atoms with Gasteiger partial charge < -0.3 is 15.0 Å². The summed E-state index contributed by atoms with van der Waals surface area (Å²) in [7, 11) is 0. The number of hydrogen-bond acceptors (Lipinski definition) is 3. The van der Waals surface area contributed by atoms with E-state index < -0.39 is 0 Å². The summed E-state index contributed by atoms with van der Waals surface area (Å²) >= 11 is 3.40. The molecule has 6 heteroatoms. The number of halogens is 1. The number of nitrogens with one attached hydrogen (secondary N) is 1. The number of benzene rings is 1. The van der Waals surface area contributed by atoms with E-state index in [1.807, 2.05) is 31.2 Å². The molecular formula is C16H21BrN2O3. The first-order valence-corrected chi connectivity index (χ1v) is 8.32. The fourth-order valence-electron chi connectivity index (χ4n) is 2.45. The second-order valence-corrected chi connectivity index (χ2v) is 6.14. The van der Waals surface area contributed by atoms with Crippen molar-refractivity contribution in [2.75, 3.05) is 31.2 Å². The number of anilines is 1. The third kappa shape index (κ3) is 4.55. The minimum Gasteiger partial charge on any atom is -0.382 e. The largest absolute Gasteiger partial charge is 0.382 e. The lowest BCUT2D eigenvalue weighted by Crippen LogP contribution is -2.33. The van der Waals surface area contributed by atoms with Crippen molar-refractivity contribution in [1.29, 1.82) is 0 Å². The zero-order valence-electron chi connectivity index (χ0n) is 12.7. The van der Waals surface area contributed by atoms with E-state index in [9.17, 15) is 9.59 Å². The van der Waals surface area contributed by atoms with E-state index in [0.29, 0.717) is 26.3 Å². The van der Waals surface area contributed by atoms with Crippen LogP contribution >= 0.6 is 15.9 Å². The first-order chi connectivity index (χ1) is 10.6. The smallest absolute Gasteiger partial charge is 0.227 e. The summed E-state index contributed by atoms with van der Waals surface area (Å²) in [5, 5.41) is 2.88. The molecular weight excluding hydrogens is 348 g/mol. The molecule has 0 aliphatic carbocycles. The molecule has 5 nitrogen and oxygen atoms in total. The van der Waals surface area contributed by atoms with Crippen molar-refractivity contribution in [3.63, 3.8) is 0 Å². The van der Waals surface area contributed by atoms with Crippen LogP contribution in [0.15, 0.2) is 28.7 Å². The van der Waals surface area contributed by atoms with Crippen molar-refractivity contribution < 1.29 is 14.3 Å². The molecule has 1 unspecified atom stereocenters. The molecule has 1 aliphatic heterocycles. The predicted octanol–water partition coefficient (Wildman–Crippen LogP) is 2.34. The molecule has 2 amide bonds. The van der Waals surface area contributed by atoms with Crippen LogP contribution in [0, 0.1) is 5.92 Å². The third-order valence-electron chi connectivity index (χ3n) is 3.58. The van der Waals surface area contributed by atoms with Crippen molar-refractivity contribution in [3.8, 4) is 0 Å². The summed E-state index contributed by atoms with van der Waals surface area (Å²) < 4.78 is 6.14. The van der Waals surface area contributed by atoms with Crippen LogP contribution in [0.3, 0.4) is 0 Å². The maximum absolute atomic E-state index is 12.1. The fourth-order valence-corrected chi connectivity index (χ4v) is 2.84. The average Bonchev–Trinajstić information content (AvgIpc) is 2.89. The first kappa shape index (κ1) is 17.0. The van der Waals surface area contributed by atoms with Gasteiger partial charge in [0, 0.05) is 42.9 Å². The van der Waals surface area contributed by atoms with Gasteiger partial charge in [0.1, 0.15) is 0 Å². The van der Waals surface area contributed by atoms with Crippen molar-refractivity contribution >= 4 is 33.4 Å². The van der Waals surface area contributed by atoms with Crippen LogP contribution in [-0.4, -0.2) is 38.1 Å². The van der Waals surface area contributed by atoms with Gasteiger partial charge in [-0.05, 0) is 31.5 Å².